The Balaban J connectivity index is 2.48. The first-order chi connectivity index (χ1) is 8.50. The highest BCUT2D eigenvalue weighted by Gasteiger charge is 2.15. The molecule has 0 N–H and O–H groups in total. The lowest BCUT2D eigenvalue weighted by molar-refractivity contribution is 0.103. The van der Waals surface area contributed by atoms with E-state index in [0.717, 1.165) is 0 Å². The van der Waals surface area contributed by atoms with E-state index in [4.69, 9.17) is 23.2 Å². The second-order valence-electron chi connectivity index (χ2n) is 3.89. The first-order valence-corrected chi connectivity index (χ1v) is 6.01. The number of carbonyl (C=O) groups excluding carboxylic acids is 1. The fraction of sp³-hybridized carbons (Fsp3) is 0.0714. The van der Waals surface area contributed by atoms with Gasteiger partial charge in [0.25, 0.3) is 0 Å². The van der Waals surface area contributed by atoms with Gasteiger partial charge < -0.3 is 0 Å². The summed E-state index contributed by atoms with van der Waals surface area (Å²) in [5.41, 5.74) is 1.01. The Bertz CT molecular complexity index is 623. The molecule has 0 aromatic heterocycles. The zero-order chi connectivity index (χ0) is 13.3. The summed E-state index contributed by atoms with van der Waals surface area (Å²) in [6, 6.07) is 9.12. The van der Waals surface area contributed by atoms with Crippen LogP contribution >= 0.6 is 23.2 Å². The Kier molecular flexibility index (Phi) is 3.69. The van der Waals surface area contributed by atoms with Crippen molar-refractivity contribution in [2.75, 3.05) is 0 Å². The number of carbonyl (C=O) groups is 1. The maximum atomic E-state index is 13.4. The monoisotopic (exact) mass is 282 g/mol. The van der Waals surface area contributed by atoms with Gasteiger partial charge in [-0.1, -0.05) is 41.4 Å². The minimum atomic E-state index is -0.418. The zero-order valence-corrected chi connectivity index (χ0v) is 11.0. The summed E-state index contributed by atoms with van der Waals surface area (Å²) in [5, 5.41) is 0.486. The van der Waals surface area contributed by atoms with Gasteiger partial charge in [0, 0.05) is 11.1 Å². The van der Waals surface area contributed by atoms with Gasteiger partial charge in [-0.25, -0.2) is 4.39 Å². The second kappa shape index (κ2) is 5.09. The maximum absolute atomic E-state index is 13.4. The molecule has 0 bridgehead atoms. The minimum absolute atomic E-state index is 0.185. The summed E-state index contributed by atoms with van der Waals surface area (Å²) in [6.45, 7) is 1.63. The van der Waals surface area contributed by atoms with E-state index in [1.807, 2.05) is 0 Å². The van der Waals surface area contributed by atoms with Crippen LogP contribution < -0.4 is 0 Å². The van der Waals surface area contributed by atoms with E-state index in [0.29, 0.717) is 10.6 Å². The topological polar surface area (TPSA) is 17.1 Å². The molecule has 2 rings (SSSR count). The fourth-order valence-corrected chi connectivity index (χ4v) is 1.96. The van der Waals surface area contributed by atoms with E-state index >= 15 is 0 Å². The fourth-order valence-electron chi connectivity index (χ4n) is 1.57. The van der Waals surface area contributed by atoms with E-state index in [2.05, 4.69) is 0 Å². The number of ketones is 1. The third-order valence-corrected chi connectivity index (χ3v) is 3.45. The molecule has 2 aromatic rings. The van der Waals surface area contributed by atoms with E-state index < -0.39 is 5.82 Å². The Morgan fingerprint density at radius 1 is 1.17 bits per heavy atom. The SMILES string of the molecule is Cc1ccc(C(=O)c2cccc(Cl)c2Cl)cc1F. The van der Waals surface area contributed by atoms with Crippen LogP contribution in [0.2, 0.25) is 10.0 Å². The van der Waals surface area contributed by atoms with E-state index in [-0.39, 0.29) is 21.9 Å². The maximum Gasteiger partial charge on any atom is 0.194 e. The van der Waals surface area contributed by atoms with Gasteiger partial charge in [-0.2, -0.15) is 0 Å². The molecular formula is C14H9Cl2FO. The van der Waals surface area contributed by atoms with Gasteiger partial charge in [0.1, 0.15) is 5.82 Å². The predicted molar refractivity (Wildman–Crippen MR) is 71.0 cm³/mol. The number of rotatable bonds is 2. The molecule has 0 unspecified atom stereocenters. The van der Waals surface area contributed by atoms with Crippen molar-refractivity contribution in [2.45, 2.75) is 6.92 Å². The molecule has 0 saturated carbocycles. The minimum Gasteiger partial charge on any atom is -0.289 e. The highest BCUT2D eigenvalue weighted by atomic mass is 35.5. The van der Waals surface area contributed by atoms with E-state index in [1.165, 1.54) is 6.07 Å². The van der Waals surface area contributed by atoms with Gasteiger partial charge in [-0.3, -0.25) is 4.79 Å². The normalized spacial score (nSPS) is 10.4. The van der Waals surface area contributed by atoms with Crippen molar-refractivity contribution in [1.82, 2.24) is 0 Å². The van der Waals surface area contributed by atoms with Crippen LogP contribution in [-0.2, 0) is 0 Å². The largest absolute Gasteiger partial charge is 0.289 e. The van der Waals surface area contributed by atoms with Crippen LogP contribution in [0.1, 0.15) is 21.5 Å². The molecule has 0 fully saturated rings. The number of aryl methyl sites for hydroxylation is 1. The van der Waals surface area contributed by atoms with Crippen molar-refractivity contribution in [3.8, 4) is 0 Å². The molecule has 0 saturated heterocycles. The number of hydrogen-bond acceptors (Lipinski definition) is 1. The molecule has 0 atom stereocenters. The number of halogens is 3. The van der Waals surface area contributed by atoms with Crippen LogP contribution in [0.5, 0.6) is 0 Å². The van der Waals surface area contributed by atoms with Crippen molar-refractivity contribution in [1.29, 1.82) is 0 Å². The Labute approximate surface area is 114 Å². The molecule has 0 heterocycles. The number of hydrogen-bond donors (Lipinski definition) is 0. The van der Waals surface area contributed by atoms with Crippen molar-refractivity contribution in [3.63, 3.8) is 0 Å². The van der Waals surface area contributed by atoms with Crippen molar-refractivity contribution in [2.24, 2.45) is 0 Å². The molecule has 0 amide bonds. The highest BCUT2D eigenvalue weighted by Crippen LogP contribution is 2.27. The summed E-state index contributed by atoms with van der Waals surface area (Å²) in [4.78, 5) is 12.2. The summed E-state index contributed by atoms with van der Waals surface area (Å²) < 4.78 is 13.4. The van der Waals surface area contributed by atoms with Crippen LogP contribution in [0.3, 0.4) is 0 Å². The lowest BCUT2D eigenvalue weighted by Gasteiger charge is -2.06. The van der Waals surface area contributed by atoms with Gasteiger partial charge in [-0.15, -0.1) is 0 Å². The Hall–Kier alpha value is -1.38. The molecule has 0 aliphatic carbocycles. The smallest absolute Gasteiger partial charge is 0.194 e. The van der Waals surface area contributed by atoms with Gasteiger partial charge in [0.15, 0.2) is 5.78 Å². The van der Waals surface area contributed by atoms with E-state index in [9.17, 15) is 9.18 Å². The van der Waals surface area contributed by atoms with Gasteiger partial charge in [-0.05, 0) is 30.7 Å². The van der Waals surface area contributed by atoms with Crippen molar-refractivity contribution < 1.29 is 9.18 Å². The predicted octanol–water partition coefficient (Wildman–Crippen LogP) is 4.67. The first-order valence-electron chi connectivity index (χ1n) is 5.25. The third kappa shape index (κ3) is 2.40. The quantitative estimate of drug-likeness (QED) is 0.732. The lowest BCUT2D eigenvalue weighted by atomic mass is 10.0. The van der Waals surface area contributed by atoms with Crippen LogP contribution in [0.15, 0.2) is 36.4 Å². The third-order valence-electron chi connectivity index (χ3n) is 2.63. The molecule has 0 aliphatic heterocycles. The molecule has 1 nitrogen and oxygen atoms in total. The zero-order valence-electron chi connectivity index (χ0n) is 9.51. The Morgan fingerprint density at radius 3 is 2.56 bits per heavy atom. The lowest BCUT2D eigenvalue weighted by Crippen LogP contribution is -2.03. The van der Waals surface area contributed by atoms with Crippen LogP contribution in [-0.4, -0.2) is 5.78 Å². The molecule has 2 aromatic carbocycles. The summed E-state index contributed by atoms with van der Waals surface area (Å²) in [5.74, 6) is -0.764. The van der Waals surface area contributed by atoms with Crippen molar-refractivity contribution in [3.05, 3.63) is 69.0 Å². The van der Waals surface area contributed by atoms with Crippen LogP contribution in [0.4, 0.5) is 4.39 Å². The number of benzene rings is 2. The molecular weight excluding hydrogens is 274 g/mol. The van der Waals surface area contributed by atoms with Gasteiger partial charge in [0.2, 0.25) is 0 Å². The Morgan fingerprint density at radius 2 is 1.89 bits per heavy atom. The molecule has 0 spiro atoms. The first kappa shape index (κ1) is 13.1. The summed E-state index contributed by atoms with van der Waals surface area (Å²) in [7, 11) is 0. The van der Waals surface area contributed by atoms with E-state index in [1.54, 1.807) is 37.3 Å². The average Bonchev–Trinajstić information content (AvgIpc) is 2.35. The molecule has 0 aliphatic rings. The van der Waals surface area contributed by atoms with Crippen LogP contribution in [0.25, 0.3) is 0 Å². The molecule has 0 radical (unpaired) electrons. The second-order valence-corrected chi connectivity index (χ2v) is 4.68. The average molecular weight is 283 g/mol. The summed E-state index contributed by atoms with van der Waals surface area (Å²) >= 11 is 11.8. The van der Waals surface area contributed by atoms with Gasteiger partial charge >= 0.3 is 0 Å². The molecule has 18 heavy (non-hydrogen) atoms. The highest BCUT2D eigenvalue weighted by molar-refractivity contribution is 6.44. The summed E-state index contributed by atoms with van der Waals surface area (Å²) in [6.07, 6.45) is 0. The van der Waals surface area contributed by atoms with Gasteiger partial charge in [0.05, 0.1) is 10.0 Å². The van der Waals surface area contributed by atoms with Crippen molar-refractivity contribution >= 4 is 29.0 Å². The molecule has 92 valence electrons. The standard InChI is InChI=1S/C14H9Cl2FO/c1-8-5-6-9(7-12(8)17)14(18)10-3-2-4-11(15)13(10)16/h2-7H,1H3. The molecule has 4 heteroatoms. The van der Waals surface area contributed by atoms with Crippen LogP contribution in [0, 0.1) is 12.7 Å².